The number of nitrogens with zero attached hydrogens (tertiary/aromatic N) is 2. The maximum atomic E-state index is 3.91. The van der Waals surface area contributed by atoms with E-state index < -0.39 is 0 Å². The molecule has 0 amide bonds. The maximum Gasteiger partial charge on any atom is 0.291 e. The second-order valence-corrected chi connectivity index (χ2v) is 1.41. The summed E-state index contributed by atoms with van der Waals surface area (Å²) in [6.45, 7) is 1.94. The van der Waals surface area contributed by atoms with Gasteiger partial charge in [0.2, 0.25) is 0 Å². The van der Waals surface area contributed by atoms with Gasteiger partial charge in [0.15, 0.2) is 0 Å². The van der Waals surface area contributed by atoms with Crippen molar-refractivity contribution in [2.24, 2.45) is 9.98 Å². The molecule has 0 aromatic heterocycles. The number of aliphatic imine (C=N–C) groups is 2. The smallest absolute Gasteiger partial charge is 0.139 e. The third-order valence-electron chi connectivity index (χ3n) is 0.796. The van der Waals surface area contributed by atoms with Crippen molar-refractivity contribution >= 4 is 12.4 Å². The first-order valence-electron chi connectivity index (χ1n) is 2.50. The third kappa shape index (κ3) is 0.964. The molecule has 0 saturated heterocycles. The van der Waals surface area contributed by atoms with Crippen LogP contribution in [0.4, 0.5) is 0 Å². The molecule has 0 radical (unpaired) electrons. The Labute approximate surface area is 48.7 Å². The third-order valence-corrected chi connectivity index (χ3v) is 0.796. The van der Waals surface area contributed by atoms with Gasteiger partial charge in [-0.1, -0.05) is 0 Å². The average molecular weight is 107 g/mol. The summed E-state index contributed by atoms with van der Waals surface area (Å²) in [6, 6.07) is 0. The number of allylic oxidation sites excluding steroid dienone is 1. The van der Waals surface area contributed by atoms with Crippen molar-refractivity contribution in [3.8, 4) is 0 Å². The summed E-state index contributed by atoms with van der Waals surface area (Å²) in [5.41, 5.74) is 0. The van der Waals surface area contributed by atoms with Gasteiger partial charge in [0, 0.05) is 13.3 Å². The summed E-state index contributed by atoms with van der Waals surface area (Å²) in [6.07, 6.45) is 7.12. The molecule has 0 bridgehead atoms. The van der Waals surface area contributed by atoms with Gasteiger partial charge < -0.3 is 0 Å². The fourth-order valence-corrected chi connectivity index (χ4v) is 0.488. The van der Waals surface area contributed by atoms with Gasteiger partial charge in [-0.15, -0.1) is 9.98 Å². The second-order valence-electron chi connectivity index (χ2n) is 1.41. The molecule has 0 spiro atoms. The van der Waals surface area contributed by atoms with Gasteiger partial charge >= 0.3 is 0 Å². The van der Waals surface area contributed by atoms with Crippen LogP contribution in [0.15, 0.2) is 21.9 Å². The Morgan fingerprint density at radius 1 is 1.50 bits per heavy atom. The quantitative estimate of drug-likeness (QED) is 0.450. The van der Waals surface area contributed by atoms with Gasteiger partial charge in [-0.2, -0.15) is 0 Å². The molecule has 0 unspecified atom stereocenters. The van der Waals surface area contributed by atoms with Crippen LogP contribution in [0.25, 0.3) is 0 Å². The molecule has 0 saturated carbocycles. The molecule has 0 aliphatic carbocycles. The Bertz CT molecular complexity index is 140. The summed E-state index contributed by atoms with van der Waals surface area (Å²) in [5.74, 6) is 0.785. The molecule has 1 aliphatic rings. The van der Waals surface area contributed by atoms with Gasteiger partial charge in [0.05, 0.1) is 12.4 Å². The molecule has 2 heteroatoms. The predicted molar refractivity (Wildman–Crippen MR) is 35.0 cm³/mol. The van der Waals surface area contributed by atoms with Gasteiger partial charge in [-0.05, 0) is 0 Å². The van der Waals surface area contributed by atoms with E-state index >= 15 is 0 Å². The van der Waals surface area contributed by atoms with Gasteiger partial charge in [-0.3, -0.25) is 0 Å². The summed E-state index contributed by atoms with van der Waals surface area (Å²) in [7, 11) is 0. The number of hydrogen-bond donors (Lipinski definition) is 0. The van der Waals surface area contributed by atoms with Crippen LogP contribution in [-0.4, -0.2) is 12.4 Å². The van der Waals surface area contributed by atoms with Crippen LogP contribution >= 0.6 is 0 Å². The molecule has 1 heterocycles. The molecule has 0 atom stereocenters. The molecular weight excluding hydrogens is 100 g/mol. The number of rotatable bonds is 1. The van der Waals surface area contributed by atoms with Crippen LogP contribution in [-0.2, 0) is 0 Å². The zero-order valence-corrected chi connectivity index (χ0v) is 4.70. The van der Waals surface area contributed by atoms with Gasteiger partial charge in [0.25, 0.3) is 5.82 Å². The molecule has 1 aliphatic heterocycles. The first-order valence-corrected chi connectivity index (χ1v) is 2.50. The highest BCUT2D eigenvalue weighted by molar-refractivity contribution is 6.18. The maximum absolute atomic E-state index is 3.91. The van der Waals surface area contributed by atoms with E-state index in [1.807, 2.05) is 19.4 Å². The first-order chi connectivity index (χ1) is 3.93. The Hall–Kier alpha value is -1.05. The highest BCUT2D eigenvalue weighted by Crippen LogP contribution is 2.01. The summed E-state index contributed by atoms with van der Waals surface area (Å²) in [5, 5.41) is 0. The van der Waals surface area contributed by atoms with Crippen LogP contribution in [0.3, 0.4) is 0 Å². The van der Waals surface area contributed by atoms with Crippen LogP contribution in [0, 0.1) is 6.42 Å². The lowest BCUT2D eigenvalue weighted by Gasteiger charge is -1.69. The monoisotopic (exact) mass is 107 g/mol. The van der Waals surface area contributed by atoms with Crippen LogP contribution in [0.5, 0.6) is 0 Å². The van der Waals surface area contributed by atoms with E-state index in [2.05, 4.69) is 9.98 Å². The topological polar surface area (TPSA) is 24.7 Å². The second kappa shape index (κ2) is 2.31. The van der Waals surface area contributed by atoms with E-state index in [0.29, 0.717) is 0 Å². The average Bonchev–Trinajstić information content (AvgIpc) is 2.19. The zero-order valence-electron chi connectivity index (χ0n) is 4.70. The molecule has 0 N–H and O–H groups in total. The molecule has 8 heavy (non-hydrogen) atoms. The summed E-state index contributed by atoms with van der Waals surface area (Å²) >= 11 is 0. The Morgan fingerprint density at radius 2 is 2.12 bits per heavy atom. The minimum absolute atomic E-state index is 0.785. The molecule has 0 aromatic rings. The zero-order chi connectivity index (χ0) is 5.82. The molecule has 2 nitrogen and oxygen atoms in total. The lowest BCUT2D eigenvalue weighted by Crippen LogP contribution is -1.63. The summed E-state index contributed by atoms with van der Waals surface area (Å²) < 4.78 is 0. The van der Waals surface area contributed by atoms with E-state index in [1.165, 1.54) is 0 Å². The molecule has 0 aromatic carbocycles. The standard InChI is InChI=1S/C6H7N2/c1-2-3-6-7-4-5-8-6/h2-5H,1H3/q+1. The minimum atomic E-state index is 0.785. The van der Waals surface area contributed by atoms with Crippen molar-refractivity contribution in [3.05, 3.63) is 18.3 Å². The largest absolute Gasteiger partial charge is 0.291 e. The van der Waals surface area contributed by atoms with E-state index in [-0.39, 0.29) is 0 Å². The minimum Gasteiger partial charge on any atom is -0.139 e. The number of hydrogen-bond acceptors (Lipinski definition) is 2. The molecule has 0 fully saturated rings. The normalized spacial score (nSPS) is 14.9. The van der Waals surface area contributed by atoms with E-state index in [0.717, 1.165) is 5.82 Å². The van der Waals surface area contributed by atoms with Crippen molar-refractivity contribution in [3.63, 3.8) is 0 Å². The van der Waals surface area contributed by atoms with Crippen molar-refractivity contribution in [1.29, 1.82) is 0 Å². The van der Waals surface area contributed by atoms with Crippen molar-refractivity contribution in [1.82, 2.24) is 0 Å². The summed E-state index contributed by atoms with van der Waals surface area (Å²) in [4.78, 5) is 7.82. The lowest BCUT2D eigenvalue weighted by molar-refractivity contribution is 1.27. The molecule has 1 rings (SSSR count). The van der Waals surface area contributed by atoms with Gasteiger partial charge in [-0.25, -0.2) is 0 Å². The van der Waals surface area contributed by atoms with E-state index in [1.54, 1.807) is 12.4 Å². The van der Waals surface area contributed by atoms with Crippen molar-refractivity contribution < 1.29 is 0 Å². The predicted octanol–water partition coefficient (Wildman–Crippen LogP) is 1.21. The highest BCUT2D eigenvalue weighted by atomic mass is 15.0. The van der Waals surface area contributed by atoms with E-state index in [9.17, 15) is 0 Å². The Morgan fingerprint density at radius 3 is 2.62 bits per heavy atom. The Balaban J connectivity index is 2.60. The molecule has 40 valence electrons. The van der Waals surface area contributed by atoms with Crippen molar-refractivity contribution in [2.75, 3.05) is 0 Å². The van der Waals surface area contributed by atoms with Crippen molar-refractivity contribution in [2.45, 2.75) is 6.92 Å². The van der Waals surface area contributed by atoms with Gasteiger partial charge in [0.1, 0.15) is 6.08 Å². The highest BCUT2D eigenvalue weighted by Gasteiger charge is 1.99. The van der Waals surface area contributed by atoms with Crippen LogP contribution in [0.1, 0.15) is 6.92 Å². The van der Waals surface area contributed by atoms with E-state index in [4.69, 9.17) is 0 Å². The van der Waals surface area contributed by atoms with Crippen LogP contribution in [0.2, 0.25) is 0 Å². The Kier molecular flexibility index (Phi) is 1.47. The van der Waals surface area contributed by atoms with Crippen LogP contribution < -0.4 is 0 Å². The fourth-order valence-electron chi connectivity index (χ4n) is 0.488. The molecular formula is C6H7N2+. The first kappa shape index (κ1) is 5.09. The SMILES string of the molecule is C[CH+]C=C1N=CC=N1. The fraction of sp³-hybridized carbons (Fsp3) is 0.167. The lowest BCUT2D eigenvalue weighted by atomic mass is 10.4.